The number of carbonyl (C=O) groups is 1. The molecule has 1 rings (SSSR count). The van der Waals surface area contributed by atoms with E-state index in [2.05, 4.69) is 21.2 Å². The molecular weight excluding hydrogens is 206 g/mol. The fourth-order valence-electron chi connectivity index (χ4n) is 0.862. The molecule has 0 saturated carbocycles. The van der Waals surface area contributed by atoms with Crippen LogP contribution in [0.15, 0.2) is 12.4 Å². The Morgan fingerprint density at radius 2 is 2.00 bits per heavy atom. The van der Waals surface area contributed by atoms with Gasteiger partial charge >= 0.3 is 6.09 Å². The van der Waals surface area contributed by atoms with Crippen LogP contribution in [-0.2, 0) is 4.74 Å². The Bertz CT molecular complexity index is 412. The van der Waals surface area contributed by atoms with Gasteiger partial charge in [-0.05, 0) is 20.8 Å². The highest BCUT2D eigenvalue weighted by molar-refractivity contribution is 5.82. The lowest BCUT2D eigenvalue weighted by atomic mass is 10.2. The highest BCUT2D eigenvalue weighted by Crippen LogP contribution is 2.08. The third-order valence-electron chi connectivity index (χ3n) is 1.43. The first-order chi connectivity index (χ1) is 7.40. The maximum atomic E-state index is 11.3. The summed E-state index contributed by atoms with van der Waals surface area (Å²) in [6.45, 7) is 5.32. The standard InChI is InChI=1S/C11H13N3O2/c1-5-8-6-12-9(13-7-8)14-10(15)16-11(2,3)4/h1,6-7H,2-4H3,(H,12,13,14,15). The predicted molar refractivity (Wildman–Crippen MR) is 59.8 cm³/mol. The maximum Gasteiger partial charge on any atom is 0.414 e. The molecule has 0 atom stereocenters. The Labute approximate surface area is 94.2 Å². The average Bonchev–Trinajstić information content (AvgIpc) is 2.16. The zero-order valence-electron chi connectivity index (χ0n) is 9.44. The molecule has 0 aliphatic carbocycles. The van der Waals surface area contributed by atoms with Crippen LogP contribution in [0.2, 0.25) is 0 Å². The second-order valence-electron chi connectivity index (χ2n) is 4.07. The van der Waals surface area contributed by atoms with Crippen molar-refractivity contribution in [3.8, 4) is 12.3 Å². The third-order valence-corrected chi connectivity index (χ3v) is 1.43. The molecule has 0 spiro atoms. The molecule has 0 radical (unpaired) electrons. The molecule has 84 valence electrons. The van der Waals surface area contributed by atoms with E-state index in [0.29, 0.717) is 5.56 Å². The molecule has 1 amide bonds. The summed E-state index contributed by atoms with van der Waals surface area (Å²) in [5.41, 5.74) is -0.00206. The van der Waals surface area contributed by atoms with Crippen LogP contribution in [0.25, 0.3) is 0 Å². The minimum Gasteiger partial charge on any atom is -0.444 e. The molecule has 1 heterocycles. The van der Waals surface area contributed by atoms with Crippen molar-refractivity contribution in [3.63, 3.8) is 0 Å². The van der Waals surface area contributed by atoms with Gasteiger partial charge in [-0.15, -0.1) is 6.42 Å². The van der Waals surface area contributed by atoms with E-state index in [1.807, 2.05) is 0 Å². The summed E-state index contributed by atoms with van der Waals surface area (Å²) in [7, 11) is 0. The number of rotatable bonds is 1. The van der Waals surface area contributed by atoms with Crippen molar-refractivity contribution in [2.24, 2.45) is 0 Å². The van der Waals surface area contributed by atoms with Gasteiger partial charge in [0, 0.05) is 12.4 Å². The Hall–Kier alpha value is -2.09. The number of amides is 1. The molecule has 0 bridgehead atoms. The summed E-state index contributed by atoms with van der Waals surface area (Å²) in [5, 5.41) is 2.40. The molecule has 0 fully saturated rings. The van der Waals surface area contributed by atoms with Crippen LogP contribution >= 0.6 is 0 Å². The van der Waals surface area contributed by atoms with Gasteiger partial charge in [0.15, 0.2) is 0 Å². The van der Waals surface area contributed by atoms with Crippen LogP contribution in [0.1, 0.15) is 26.3 Å². The second kappa shape index (κ2) is 4.62. The van der Waals surface area contributed by atoms with Gasteiger partial charge in [-0.1, -0.05) is 5.92 Å². The molecule has 5 nitrogen and oxygen atoms in total. The number of hydrogen-bond donors (Lipinski definition) is 1. The summed E-state index contributed by atoms with van der Waals surface area (Å²) in [6.07, 6.45) is 7.43. The highest BCUT2D eigenvalue weighted by Gasteiger charge is 2.16. The zero-order valence-corrected chi connectivity index (χ0v) is 9.44. The molecule has 0 aliphatic rings. The van der Waals surface area contributed by atoms with Crippen molar-refractivity contribution in [1.29, 1.82) is 0 Å². The number of anilines is 1. The van der Waals surface area contributed by atoms with Crippen molar-refractivity contribution >= 4 is 12.0 Å². The molecule has 1 N–H and O–H groups in total. The molecule has 5 heteroatoms. The number of carbonyl (C=O) groups excluding carboxylic acids is 1. The van der Waals surface area contributed by atoms with Gasteiger partial charge < -0.3 is 4.74 Å². The second-order valence-corrected chi connectivity index (χ2v) is 4.07. The third kappa shape index (κ3) is 3.96. The fourth-order valence-corrected chi connectivity index (χ4v) is 0.862. The predicted octanol–water partition coefficient (Wildman–Crippen LogP) is 1.80. The van der Waals surface area contributed by atoms with Crippen molar-refractivity contribution in [2.75, 3.05) is 5.32 Å². The first-order valence-corrected chi connectivity index (χ1v) is 4.69. The quantitative estimate of drug-likeness (QED) is 0.731. The van der Waals surface area contributed by atoms with Crippen LogP contribution in [0.5, 0.6) is 0 Å². The molecule has 16 heavy (non-hydrogen) atoms. The van der Waals surface area contributed by atoms with E-state index in [-0.39, 0.29) is 5.95 Å². The van der Waals surface area contributed by atoms with Crippen LogP contribution in [-0.4, -0.2) is 21.7 Å². The molecular formula is C11H13N3O2. The summed E-state index contributed by atoms with van der Waals surface area (Å²) in [6, 6.07) is 0. The molecule has 1 aromatic heterocycles. The monoisotopic (exact) mass is 219 g/mol. The minimum absolute atomic E-state index is 0.160. The highest BCUT2D eigenvalue weighted by atomic mass is 16.6. The van der Waals surface area contributed by atoms with Gasteiger partial charge in [0.05, 0.1) is 5.56 Å². The Morgan fingerprint density at radius 1 is 1.44 bits per heavy atom. The SMILES string of the molecule is C#Cc1cnc(NC(=O)OC(C)(C)C)nc1. The van der Waals surface area contributed by atoms with Crippen LogP contribution in [0.3, 0.4) is 0 Å². The van der Waals surface area contributed by atoms with Crippen molar-refractivity contribution in [1.82, 2.24) is 9.97 Å². The first-order valence-electron chi connectivity index (χ1n) is 4.69. The van der Waals surface area contributed by atoms with Gasteiger partial charge in [-0.3, -0.25) is 5.32 Å². The van der Waals surface area contributed by atoms with Gasteiger partial charge in [-0.2, -0.15) is 0 Å². The van der Waals surface area contributed by atoms with Gasteiger partial charge in [0.25, 0.3) is 0 Å². The lowest BCUT2D eigenvalue weighted by molar-refractivity contribution is 0.0634. The van der Waals surface area contributed by atoms with Gasteiger partial charge in [0.2, 0.25) is 5.95 Å². The van der Waals surface area contributed by atoms with E-state index >= 15 is 0 Å². The van der Waals surface area contributed by atoms with Gasteiger partial charge in [0.1, 0.15) is 5.60 Å². The Morgan fingerprint density at radius 3 is 2.44 bits per heavy atom. The van der Waals surface area contributed by atoms with Crippen LogP contribution in [0.4, 0.5) is 10.7 Å². The maximum absolute atomic E-state index is 11.3. The summed E-state index contributed by atoms with van der Waals surface area (Å²) in [4.78, 5) is 19.0. The van der Waals surface area contributed by atoms with E-state index in [9.17, 15) is 4.79 Å². The topological polar surface area (TPSA) is 64.1 Å². The molecule has 0 aliphatic heterocycles. The van der Waals surface area contributed by atoms with Gasteiger partial charge in [-0.25, -0.2) is 14.8 Å². The minimum atomic E-state index is -0.596. The number of ether oxygens (including phenoxy) is 1. The first kappa shape index (κ1) is 12.0. The number of aromatic nitrogens is 2. The number of nitrogens with zero attached hydrogens (tertiary/aromatic N) is 2. The van der Waals surface area contributed by atoms with E-state index in [4.69, 9.17) is 11.2 Å². The largest absolute Gasteiger partial charge is 0.444 e. The Balaban J connectivity index is 2.61. The van der Waals surface area contributed by atoms with Crippen molar-refractivity contribution in [2.45, 2.75) is 26.4 Å². The normalized spacial score (nSPS) is 10.4. The molecule has 1 aromatic rings. The van der Waals surface area contributed by atoms with Crippen LogP contribution in [0, 0.1) is 12.3 Å². The van der Waals surface area contributed by atoms with E-state index in [1.54, 1.807) is 20.8 Å². The number of hydrogen-bond acceptors (Lipinski definition) is 4. The zero-order chi connectivity index (χ0) is 12.2. The Kier molecular flexibility index (Phi) is 3.46. The lowest BCUT2D eigenvalue weighted by Gasteiger charge is -2.19. The molecule has 0 aromatic carbocycles. The molecule has 0 saturated heterocycles. The van der Waals surface area contributed by atoms with E-state index in [0.717, 1.165) is 0 Å². The number of terminal acetylenes is 1. The summed E-state index contributed by atoms with van der Waals surface area (Å²) < 4.78 is 5.03. The smallest absolute Gasteiger partial charge is 0.414 e. The van der Waals surface area contributed by atoms with Crippen molar-refractivity contribution < 1.29 is 9.53 Å². The van der Waals surface area contributed by atoms with E-state index < -0.39 is 11.7 Å². The summed E-state index contributed by atoms with van der Waals surface area (Å²) in [5.74, 6) is 2.54. The average molecular weight is 219 g/mol. The van der Waals surface area contributed by atoms with E-state index in [1.165, 1.54) is 12.4 Å². The van der Waals surface area contributed by atoms with Crippen LogP contribution < -0.4 is 5.32 Å². The molecule has 0 unspecified atom stereocenters. The fraction of sp³-hybridized carbons (Fsp3) is 0.364. The lowest BCUT2D eigenvalue weighted by Crippen LogP contribution is -2.27. The summed E-state index contributed by atoms with van der Waals surface area (Å²) >= 11 is 0. The number of nitrogens with one attached hydrogen (secondary N) is 1. The van der Waals surface area contributed by atoms with Crippen molar-refractivity contribution in [3.05, 3.63) is 18.0 Å².